The molecule has 1 aromatic rings. The molecule has 0 fully saturated rings. The number of rotatable bonds is 4. The van der Waals surface area contributed by atoms with Crippen LogP contribution in [-0.4, -0.2) is 13.7 Å². The molecular formula is C12H18ClNO2. The topological polar surface area (TPSA) is 44.5 Å². The Morgan fingerprint density at radius 1 is 1.38 bits per heavy atom. The molecule has 0 unspecified atom stereocenters. The summed E-state index contributed by atoms with van der Waals surface area (Å²) in [7, 11) is 1.60. The van der Waals surface area contributed by atoms with Crippen molar-refractivity contribution in [3.8, 4) is 11.5 Å². The Bertz CT molecular complexity index is 372. The van der Waals surface area contributed by atoms with Crippen molar-refractivity contribution >= 4 is 11.6 Å². The van der Waals surface area contributed by atoms with Crippen molar-refractivity contribution in [2.75, 3.05) is 13.7 Å². The zero-order chi connectivity index (χ0) is 12.3. The van der Waals surface area contributed by atoms with E-state index in [0.717, 1.165) is 5.56 Å². The Hall–Kier alpha value is -0.930. The first-order valence-electron chi connectivity index (χ1n) is 5.20. The molecule has 0 saturated carbocycles. The lowest BCUT2D eigenvalue weighted by Gasteiger charge is -2.25. The van der Waals surface area contributed by atoms with Crippen LogP contribution in [-0.2, 0) is 5.54 Å². The van der Waals surface area contributed by atoms with E-state index in [4.69, 9.17) is 26.8 Å². The zero-order valence-corrected chi connectivity index (χ0v) is 10.9. The third kappa shape index (κ3) is 2.60. The molecule has 0 saturated heterocycles. The number of nitrogens with two attached hydrogens (primary N) is 1. The number of ether oxygens (including phenoxy) is 2. The van der Waals surface area contributed by atoms with Crippen molar-refractivity contribution < 1.29 is 9.47 Å². The average Bonchev–Trinajstić information content (AvgIpc) is 2.16. The van der Waals surface area contributed by atoms with Gasteiger partial charge in [0, 0.05) is 16.1 Å². The van der Waals surface area contributed by atoms with Crippen LogP contribution in [0.1, 0.15) is 26.3 Å². The van der Waals surface area contributed by atoms with E-state index in [-0.39, 0.29) is 0 Å². The molecular weight excluding hydrogens is 226 g/mol. The second kappa shape index (κ2) is 4.93. The molecule has 90 valence electrons. The summed E-state index contributed by atoms with van der Waals surface area (Å²) < 4.78 is 10.8. The fraction of sp³-hybridized carbons (Fsp3) is 0.500. The molecule has 0 bridgehead atoms. The second-order valence-corrected chi connectivity index (χ2v) is 4.52. The van der Waals surface area contributed by atoms with Crippen LogP contribution in [0.3, 0.4) is 0 Å². The first-order valence-corrected chi connectivity index (χ1v) is 5.58. The molecule has 3 nitrogen and oxygen atoms in total. The van der Waals surface area contributed by atoms with Gasteiger partial charge in [0.1, 0.15) is 0 Å². The maximum absolute atomic E-state index is 6.16. The molecule has 16 heavy (non-hydrogen) atoms. The molecule has 0 spiro atoms. The summed E-state index contributed by atoms with van der Waals surface area (Å²) in [6, 6.07) is 3.55. The van der Waals surface area contributed by atoms with Gasteiger partial charge in [-0.1, -0.05) is 11.6 Å². The Labute approximate surface area is 101 Å². The molecule has 0 radical (unpaired) electrons. The summed E-state index contributed by atoms with van der Waals surface area (Å²) >= 11 is 6.16. The Balaban J connectivity index is 3.42. The first kappa shape index (κ1) is 13.1. The predicted octanol–water partition coefficient (Wildman–Crippen LogP) is 2.94. The van der Waals surface area contributed by atoms with Gasteiger partial charge < -0.3 is 15.2 Å². The smallest absolute Gasteiger partial charge is 0.167 e. The Morgan fingerprint density at radius 2 is 2.00 bits per heavy atom. The average molecular weight is 244 g/mol. The SMILES string of the molecule is CCOc1c(OC)ccc(Cl)c1C(C)(C)N. The van der Waals surface area contributed by atoms with Gasteiger partial charge in [-0.2, -0.15) is 0 Å². The quantitative estimate of drug-likeness (QED) is 0.884. The van der Waals surface area contributed by atoms with E-state index in [2.05, 4.69) is 0 Å². The molecule has 0 heterocycles. The lowest BCUT2D eigenvalue weighted by atomic mass is 9.94. The Kier molecular flexibility index (Phi) is 4.05. The van der Waals surface area contributed by atoms with Crippen molar-refractivity contribution in [1.82, 2.24) is 0 Å². The fourth-order valence-electron chi connectivity index (χ4n) is 1.59. The minimum atomic E-state index is -0.573. The lowest BCUT2D eigenvalue weighted by molar-refractivity contribution is 0.301. The van der Waals surface area contributed by atoms with Crippen LogP contribution in [0.15, 0.2) is 12.1 Å². The third-order valence-corrected chi connectivity index (χ3v) is 2.54. The number of benzene rings is 1. The van der Waals surface area contributed by atoms with Crippen LogP contribution in [0.5, 0.6) is 11.5 Å². The standard InChI is InChI=1S/C12H18ClNO2/c1-5-16-11-9(15-4)7-6-8(13)10(11)12(2,3)14/h6-7H,5,14H2,1-4H3. The predicted molar refractivity (Wildman–Crippen MR) is 66.4 cm³/mol. The van der Waals surface area contributed by atoms with Crippen LogP contribution in [0.4, 0.5) is 0 Å². The molecule has 0 aromatic heterocycles. The number of methoxy groups -OCH3 is 1. The van der Waals surface area contributed by atoms with Crippen molar-refractivity contribution in [1.29, 1.82) is 0 Å². The molecule has 0 aliphatic rings. The van der Waals surface area contributed by atoms with E-state index < -0.39 is 5.54 Å². The molecule has 0 amide bonds. The summed E-state index contributed by atoms with van der Waals surface area (Å²) in [5.41, 5.74) is 6.29. The largest absolute Gasteiger partial charge is 0.493 e. The van der Waals surface area contributed by atoms with Crippen LogP contribution in [0.2, 0.25) is 5.02 Å². The van der Waals surface area contributed by atoms with E-state index >= 15 is 0 Å². The highest BCUT2D eigenvalue weighted by Crippen LogP contribution is 2.41. The number of hydrogen-bond donors (Lipinski definition) is 1. The highest BCUT2D eigenvalue weighted by atomic mass is 35.5. The maximum atomic E-state index is 6.16. The highest BCUT2D eigenvalue weighted by molar-refractivity contribution is 6.31. The van der Waals surface area contributed by atoms with Crippen molar-refractivity contribution in [3.63, 3.8) is 0 Å². The van der Waals surface area contributed by atoms with Gasteiger partial charge in [0.2, 0.25) is 0 Å². The molecule has 0 aliphatic heterocycles. The number of hydrogen-bond acceptors (Lipinski definition) is 3. The normalized spacial score (nSPS) is 11.4. The van der Waals surface area contributed by atoms with Gasteiger partial charge in [0.05, 0.1) is 13.7 Å². The molecule has 0 atom stereocenters. The maximum Gasteiger partial charge on any atom is 0.167 e. The molecule has 0 aliphatic carbocycles. The third-order valence-electron chi connectivity index (χ3n) is 2.22. The van der Waals surface area contributed by atoms with Gasteiger partial charge in [-0.15, -0.1) is 0 Å². The highest BCUT2D eigenvalue weighted by Gasteiger charge is 2.25. The minimum absolute atomic E-state index is 0.541. The minimum Gasteiger partial charge on any atom is -0.493 e. The molecule has 1 rings (SSSR count). The van der Waals surface area contributed by atoms with Crippen molar-refractivity contribution in [2.24, 2.45) is 5.73 Å². The van der Waals surface area contributed by atoms with Gasteiger partial charge in [0.25, 0.3) is 0 Å². The van der Waals surface area contributed by atoms with E-state index in [1.54, 1.807) is 19.2 Å². The Morgan fingerprint density at radius 3 is 2.44 bits per heavy atom. The first-order chi connectivity index (χ1) is 7.41. The van der Waals surface area contributed by atoms with Gasteiger partial charge in [-0.05, 0) is 32.9 Å². The lowest BCUT2D eigenvalue weighted by Crippen LogP contribution is -2.30. The van der Waals surface area contributed by atoms with Crippen molar-refractivity contribution in [2.45, 2.75) is 26.3 Å². The summed E-state index contributed by atoms with van der Waals surface area (Å²) in [5, 5.41) is 0.594. The van der Waals surface area contributed by atoms with Gasteiger partial charge >= 0.3 is 0 Å². The van der Waals surface area contributed by atoms with Gasteiger partial charge in [-0.3, -0.25) is 0 Å². The zero-order valence-electron chi connectivity index (χ0n) is 10.1. The summed E-state index contributed by atoms with van der Waals surface area (Å²) in [6.45, 7) is 6.22. The van der Waals surface area contributed by atoms with E-state index in [0.29, 0.717) is 23.1 Å². The van der Waals surface area contributed by atoms with E-state index in [1.165, 1.54) is 0 Å². The molecule has 4 heteroatoms. The van der Waals surface area contributed by atoms with Crippen LogP contribution in [0, 0.1) is 0 Å². The molecule has 2 N–H and O–H groups in total. The van der Waals surface area contributed by atoms with E-state index in [9.17, 15) is 0 Å². The fourth-order valence-corrected chi connectivity index (χ4v) is 1.98. The second-order valence-electron chi connectivity index (χ2n) is 4.11. The van der Waals surface area contributed by atoms with Crippen molar-refractivity contribution in [3.05, 3.63) is 22.7 Å². The van der Waals surface area contributed by atoms with Gasteiger partial charge in [0.15, 0.2) is 11.5 Å². The van der Waals surface area contributed by atoms with Gasteiger partial charge in [-0.25, -0.2) is 0 Å². The van der Waals surface area contributed by atoms with Crippen LogP contribution < -0.4 is 15.2 Å². The summed E-state index contributed by atoms with van der Waals surface area (Å²) in [6.07, 6.45) is 0. The monoisotopic (exact) mass is 243 g/mol. The van der Waals surface area contributed by atoms with Crippen LogP contribution in [0.25, 0.3) is 0 Å². The summed E-state index contributed by atoms with van der Waals surface area (Å²) in [5.74, 6) is 1.28. The van der Waals surface area contributed by atoms with E-state index in [1.807, 2.05) is 20.8 Å². The molecule has 1 aromatic carbocycles. The summed E-state index contributed by atoms with van der Waals surface area (Å²) in [4.78, 5) is 0. The number of halogens is 1. The van der Waals surface area contributed by atoms with Crippen LogP contribution >= 0.6 is 11.6 Å².